The molecule has 1 saturated heterocycles. The fourth-order valence-electron chi connectivity index (χ4n) is 2.78. The van der Waals surface area contributed by atoms with E-state index in [0.717, 1.165) is 16.2 Å². The quantitative estimate of drug-likeness (QED) is 0.289. The summed E-state index contributed by atoms with van der Waals surface area (Å²) in [6.07, 6.45) is 4.40. The van der Waals surface area contributed by atoms with E-state index in [2.05, 4.69) is 26.1 Å². The van der Waals surface area contributed by atoms with Crippen LogP contribution in [0.1, 0.15) is 16.9 Å². The molecule has 6 nitrogen and oxygen atoms in total. The van der Waals surface area contributed by atoms with E-state index < -0.39 is 5.82 Å². The summed E-state index contributed by atoms with van der Waals surface area (Å²) in [6, 6.07) is 14.6. The number of nitrogens with zero attached hydrogens (tertiary/aromatic N) is 3. The summed E-state index contributed by atoms with van der Waals surface area (Å²) in [5.74, 6) is -0.101. The van der Waals surface area contributed by atoms with Gasteiger partial charge in [-0.05, 0) is 54.2 Å². The van der Waals surface area contributed by atoms with Crippen molar-refractivity contribution >= 4 is 51.1 Å². The maximum atomic E-state index is 13.8. The van der Waals surface area contributed by atoms with E-state index in [4.69, 9.17) is 4.42 Å². The molecule has 3 aromatic rings. The molecular formula is C22H15BrFN3O3S. The van der Waals surface area contributed by atoms with Crippen molar-refractivity contribution in [2.45, 2.75) is 6.54 Å². The molecule has 0 unspecified atom stereocenters. The average molecular weight is 500 g/mol. The van der Waals surface area contributed by atoms with Gasteiger partial charge in [0, 0.05) is 15.6 Å². The first kappa shape index (κ1) is 21.1. The number of benzene rings is 2. The van der Waals surface area contributed by atoms with E-state index in [-0.39, 0.29) is 23.8 Å². The summed E-state index contributed by atoms with van der Waals surface area (Å²) in [5.41, 5.74) is 0.771. The SMILES string of the molecule is O=C1/C(=C/c2cc(Br)ccc2O)S/C(=N\N=C\c2ccccc2F)N1Cc1ccco1. The number of hydrogen-bond acceptors (Lipinski definition) is 6. The molecule has 1 amide bonds. The van der Waals surface area contributed by atoms with Gasteiger partial charge in [-0.3, -0.25) is 9.69 Å². The van der Waals surface area contributed by atoms with Crippen molar-refractivity contribution in [3.05, 3.63) is 92.9 Å². The molecule has 0 atom stereocenters. The maximum Gasteiger partial charge on any atom is 0.267 e. The van der Waals surface area contributed by atoms with Gasteiger partial charge in [0.2, 0.25) is 0 Å². The molecule has 1 aromatic heterocycles. The Morgan fingerprint density at radius 2 is 2.00 bits per heavy atom. The molecule has 1 aliphatic heterocycles. The van der Waals surface area contributed by atoms with Gasteiger partial charge in [-0.15, -0.1) is 5.10 Å². The molecule has 156 valence electrons. The lowest BCUT2D eigenvalue weighted by molar-refractivity contribution is -0.122. The Morgan fingerprint density at radius 1 is 1.16 bits per heavy atom. The first-order valence-electron chi connectivity index (χ1n) is 9.09. The van der Waals surface area contributed by atoms with E-state index in [1.54, 1.807) is 48.5 Å². The van der Waals surface area contributed by atoms with Gasteiger partial charge in [0.25, 0.3) is 5.91 Å². The Morgan fingerprint density at radius 3 is 2.77 bits per heavy atom. The smallest absolute Gasteiger partial charge is 0.267 e. The Balaban J connectivity index is 1.66. The van der Waals surface area contributed by atoms with E-state index in [1.165, 1.54) is 29.5 Å². The molecule has 0 bridgehead atoms. The van der Waals surface area contributed by atoms with Crippen molar-refractivity contribution in [3.8, 4) is 5.75 Å². The molecule has 1 aliphatic rings. The van der Waals surface area contributed by atoms with Crippen molar-refractivity contribution in [3.63, 3.8) is 0 Å². The Labute approximate surface area is 189 Å². The zero-order valence-electron chi connectivity index (χ0n) is 15.9. The summed E-state index contributed by atoms with van der Waals surface area (Å²) in [5, 5.41) is 18.5. The van der Waals surface area contributed by atoms with Crippen LogP contribution >= 0.6 is 27.7 Å². The highest BCUT2D eigenvalue weighted by atomic mass is 79.9. The van der Waals surface area contributed by atoms with Crippen LogP contribution in [0.15, 0.2) is 84.9 Å². The van der Waals surface area contributed by atoms with Crippen molar-refractivity contribution in [2.75, 3.05) is 0 Å². The van der Waals surface area contributed by atoms with Gasteiger partial charge in [-0.25, -0.2) is 4.39 Å². The van der Waals surface area contributed by atoms with E-state index in [9.17, 15) is 14.3 Å². The van der Waals surface area contributed by atoms with Crippen LogP contribution in [0, 0.1) is 5.82 Å². The molecule has 2 heterocycles. The lowest BCUT2D eigenvalue weighted by atomic mass is 10.2. The minimum absolute atomic E-state index is 0.0460. The van der Waals surface area contributed by atoms with Crippen LogP contribution in [0.5, 0.6) is 5.75 Å². The number of furan rings is 1. The highest BCUT2D eigenvalue weighted by molar-refractivity contribution is 9.10. The van der Waals surface area contributed by atoms with Crippen LogP contribution in [0.3, 0.4) is 0 Å². The third kappa shape index (κ3) is 4.95. The molecule has 0 radical (unpaired) electrons. The van der Waals surface area contributed by atoms with Crippen LogP contribution in [-0.2, 0) is 11.3 Å². The number of halogens is 2. The maximum absolute atomic E-state index is 13.8. The zero-order chi connectivity index (χ0) is 21.8. The van der Waals surface area contributed by atoms with Gasteiger partial charge in [0.1, 0.15) is 17.3 Å². The summed E-state index contributed by atoms with van der Waals surface area (Å²) in [6.45, 7) is 0.161. The first-order chi connectivity index (χ1) is 15.0. The lowest BCUT2D eigenvalue weighted by Gasteiger charge is -2.12. The van der Waals surface area contributed by atoms with Gasteiger partial charge >= 0.3 is 0 Å². The second kappa shape index (κ2) is 9.32. The number of amides is 1. The van der Waals surface area contributed by atoms with Crippen molar-refractivity contribution in [1.82, 2.24) is 4.90 Å². The molecule has 9 heteroatoms. The average Bonchev–Trinajstić information content (AvgIpc) is 3.36. The van der Waals surface area contributed by atoms with Gasteiger partial charge in [0.05, 0.1) is 23.9 Å². The van der Waals surface area contributed by atoms with Crippen LogP contribution in [0.4, 0.5) is 4.39 Å². The number of thioether (sulfide) groups is 1. The second-order valence-electron chi connectivity index (χ2n) is 6.43. The largest absolute Gasteiger partial charge is 0.507 e. The number of amidine groups is 1. The molecular weight excluding hydrogens is 485 g/mol. The standard InChI is InChI=1S/C22H15BrFN3O3S/c23-16-7-8-19(28)15(10-16)11-20-21(29)27(13-17-5-3-9-30-17)22(31-20)26-25-12-14-4-1-2-6-18(14)24/h1-12,28H,13H2/b20-11-,25-12+,26-22-. The Hall–Kier alpha value is -3.17. The van der Waals surface area contributed by atoms with Crippen LogP contribution < -0.4 is 0 Å². The van der Waals surface area contributed by atoms with Crippen molar-refractivity contribution in [2.24, 2.45) is 10.2 Å². The van der Waals surface area contributed by atoms with Gasteiger partial charge in [-0.2, -0.15) is 5.10 Å². The topological polar surface area (TPSA) is 78.4 Å². The molecule has 1 fully saturated rings. The minimum Gasteiger partial charge on any atom is -0.507 e. The van der Waals surface area contributed by atoms with Crippen LogP contribution in [-0.4, -0.2) is 27.3 Å². The summed E-state index contributed by atoms with van der Waals surface area (Å²) in [7, 11) is 0. The highest BCUT2D eigenvalue weighted by Crippen LogP contribution is 2.35. The second-order valence-corrected chi connectivity index (χ2v) is 8.36. The predicted octanol–water partition coefficient (Wildman–Crippen LogP) is 5.39. The lowest BCUT2D eigenvalue weighted by Crippen LogP contribution is -2.28. The molecule has 31 heavy (non-hydrogen) atoms. The van der Waals surface area contributed by atoms with Crippen LogP contribution in [0.25, 0.3) is 6.08 Å². The zero-order valence-corrected chi connectivity index (χ0v) is 18.3. The third-order valence-corrected chi connectivity index (χ3v) is 5.79. The Bertz CT molecular complexity index is 1210. The molecule has 0 spiro atoms. The van der Waals surface area contributed by atoms with E-state index >= 15 is 0 Å². The normalized spacial score (nSPS) is 16.8. The number of phenols is 1. The number of rotatable bonds is 5. The Kier molecular flexibility index (Phi) is 6.34. The fraction of sp³-hybridized carbons (Fsp3) is 0.0455. The fourth-order valence-corrected chi connectivity index (χ4v) is 4.09. The molecule has 4 rings (SSSR count). The molecule has 0 saturated carbocycles. The summed E-state index contributed by atoms with van der Waals surface area (Å²) < 4.78 is 19.9. The van der Waals surface area contributed by atoms with E-state index in [1.807, 2.05) is 0 Å². The minimum atomic E-state index is -0.417. The summed E-state index contributed by atoms with van der Waals surface area (Å²) in [4.78, 5) is 14.8. The summed E-state index contributed by atoms with van der Waals surface area (Å²) >= 11 is 4.47. The molecule has 1 N–H and O–H groups in total. The monoisotopic (exact) mass is 499 g/mol. The number of carbonyl (C=O) groups is 1. The van der Waals surface area contributed by atoms with Crippen LogP contribution in [0.2, 0.25) is 0 Å². The highest BCUT2D eigenvalue weighted by Gasteiger charge is 2.34. The number of carbonyl (C=O) groups excluding carboxylic acids is 1. The van der Waals surface area contributed by atoms with E-state index in [0.29, 0.717) is 21.4 Å². The number of hydrogen-bond donors (Lipinski definition) is 1. The third-order valence-electron chi connectivity index (χ3n) is 4.30. The number of aromatic hydroxyl groups is 1. The molecule has 0 aliphatic carbocycles. The number of phenolic OH excluding ortho intramolecular Hbond substituents is 1. The van der Waals surface area contributed by atoms with Gasteiger partial charge < -0.3 is 9.52 Å². The van der Waals surface area contributed by atoms with Gasteiger partial charge in [0.15, 0.2) is 5.17 Å². The first-order valence-corrected chi connectivity index (χ1v) is 10.7. The molecule has 2 aromatic carbocycles. The van der Waals surface area contributed by atoms with Crippen molar-refractivity contribution in [1.29, 1.82) is 0 Å². The van der Waals surface area contributed by atoms with Gasteiger partial charge in [-0.1, -0.05) is 34.1 Å². The predicted molar refractivity (Wildman–Crippen MR) is 122 cm³/mol. The van der Waals surface area contributed by atoms with Crippen molar-refractivity contribution < 1.29 is 18.7 Å².